The lowest BCUT2D eigenvalue weighted by atomic mass is 9.98. The summed E-state index contributed by atoms with van der Waals surface area (Å²) >= 11 is 3.46. The fourth-order valence-corrected chi connectivity index (χ4v) is 4.07. The standard InChI is InChI=1S/C22H22BrNO3/c1-13(2)10-24-11-17-18(26-12-24)7-14(3)20-21(25)19(27-22(17)20)9-15-5-4-6-16(23)8-15/h4-9,13H,10-12H2,1-3H3/b19-9-. The highest BCUT2D eigenvalue weighted by Gasteiger charge is 2.35. The van der Waals surface area contributed by atoms with Crippen molar-refractivity contribution in [2.45, 2.75) is 27.3 Å². The Labute approximate surface area is 167 Å². The summed E-state index contributed by atoms with van der Waals surface area (Å²) in [6.07, 6.45) is 1.80. The predicted molar refractivity (Wildman–Crippen MR) is 109 cm³/mol. The molecule has 2 aromatic rings. The van der Waals surface area contributed by atoms with Crippen LogP contribution >= 0.6 is 15.9 Å². The van der Waals surface area contributed by atoms with Gasteiger partial charge in [-0.3, -0.25) is 9.69 Å². The second kappa shape index (κ2) is 7.13. The van der Waals surface area contributed by atoms with E-state index in [2.05, 4.69) is 34.7 Å². The number of benzene rings is 2. The summed E-state index contributed by atoms with van der Waals surface area (Å²) in [5.41, 5.74) is 3.44. The summed E-state index contributed by atoms with van der Waals surface area (Å²) in [5, 5.41) is 0. The number of hydrogen-bond donors (Lipinski definition) is 0. The van der Waals surface area contributed by atoms with E-state index < -0.39 is 0 Å². The van der Waals surface area contributed by atoms with Gasteiger partial charge in [0.1, 0.15) is 18.2 Å². The fourth-order valence-electron chi connectivity index (χ4n) is 3.66. The van der Waals surface area contributed by atoms with Crippen molar-refractivity contribution in [3.63, 3.8) is 0 Å². The highest BCUT2D eigenvalue weighted by Crippen LogP contribution is 2.44. The molecule has 5 heteroatoms. The monoisotopic (exact) mass is 427 g/mol. The summed E-state index contributed by atoms with van der Waals surface area (Å²) in [5.74, 6) is 2.32. The molecule has 2 heterocycles. The number of halogens is 1. The highest BCUT2D eigenvalue weighted by molar-refractivity contribution is 9.10. The van der Waals surface area contributed by atoms with E-state index in [1.54, 1.807) is 6.08 Å². The first-order valence-electron chi connectivity index (χ1n) is 9.14. The average molecular weight is 428 g/mol. The number of nitrogens with zero attached hydrogens (tertiary/aromatic N) is 1. The maximum absolute atomic E-state index is 13.0. The first-order valence-corrected chi connectivity index (χ1v) is 9.93. The van der Waals surface area contributed by atoms with Gasteiger partial charge in [0.2, 0.25) is 5.78 Å². The fraction of sp³-hybridized carbons (Fsp3) is 0.318. The van der Waals surface area contributed by atoms with E-state index >= 15 is 0 Å². The SMILES string of the molecule is Cc1cc2c(c3c1C(=O)/C(=C/c1cccc(Br)c1)O3)CN(CC(C)C)CO2. The molecule has 4 rings (SSSR count). The van der Waals surface area contributed by atoms with Crippen molar-refractivity contribution in [1.82, 2.24) is 4.90 Å². The van der Waals surface area contributed by atoms with Gasteiger partial charge in [-0.2, -0.15) is 0 Å². The third-order valence-corrected chi connectivity index (χ3v) is 5.25. The summed E-state index contributed by atoms with van der Waals surface area (Å²) < 4.78 is 13.0. The zero-order chi connectivity index (χ0) is 19.1. The molecule has 0 fully saturated rings. The lowest BCUT2D eigenvalue weighted by Crippen LogP contribution is -2.35. The van der Waals surface area contributed by atoms with Crippen molar-refractivity contribution >= 4 is 27.8 Å². The van der Waals surface area contributed by atoms with Crippen molar-refractivity contribution in [2.75, 3.05) is 13.3 Å². The van der Waals surface area contributed by atoms with Crippen molar-refractivity contribution in [3.8, 4) is 11.5 Å². The number of carbonyl (C=O) groups is 1. The Morgan fingerprint density at radius 1 is 1.30 bits per heavy atom. The van der Waals surface area contributed by atoms with Crippen LogP contribution in [0.1, 0.15) is 40.9 Å². The van der Waals surface area contributed by atoms with Gasteiger partial charge in [-0.05, 0) is 48.2 Å². The lowest BCUT2D eigenvalue weighted by molar-refractivity contribution is 0.0831. The predicted octanol–water partition coefficient (Wildman–Crippen LogP) is 5.18. The van der Waals surface area contributed by atoms with Crippen LogP contribution in [0.2, 0.25) is 0 Å². The van der Waals surface area contributed by atoms with Crippen LogP contribution in [0.5, 0.6) is 11.5 Å². The Morgan fingerprint density at radius 3 is 2.85 bits per heavy atom. The molecule has 0 aromatic heterocycles. The Hall–Kier alpha value is -2.11. The summed E-state index contributed by atoms with van der Waals surface area (Å²) in [6, 6.07) is 9.77. The van der Waals surface area contributed by atoms with Crippen LogP contribution in [-0.4, -0.2) is 24.0 Å². The molecule has 0 saturated heterocycles. The van der Waals surface area contributed by atoms with Crippen LogP contribution in [-0.2, 0) is 6.54 Å². The van der Waals surface area contributed by atoms with E-state index in [9.17, 15) is 4.79 Å². The third-order valence-electron chi connectivity index (χ3n) is 4.76. The molecule has 0 radical (unpaired) electrons. The average Bonchev–Trinajstić information content (AvgIpc) is 2.93. The van der Waals surface area contributed by atoms with Crippen LogP contribution in [0.25, 0.3) is 6.08 Å². The molecule has 0 unspecified atom stereocenters. The first kappa shape index (κ1) is 18.3. The topological polar surface area (TPSA) is 38.8 Å². The van der Waals surface area contributed by atoms with E-state index in [4.69, 9.17) is 9.47 Å². The van der Waals surface area contributed by atoms with Crippen molar-refractivity contribution in [3.05, 3.63) is 62.8 Å². The van der Waals surface area contributed by atoms with Gasteiger partial charge in [-0.15, -0.1) is 0 Å². The molecule has 140 valence electrons. The van der Waals surface area contributed by atoms with Crippen LogP contribution in [0, 0.1) is 12.8 Å². The molecular weight excluding hydrogens is 406 g/mol. The molecule has 27 heavy (non-hydrogen) atoms. The largest absolute Gasteiger partial charge is 0.478 e. The lowest BCUT2D eigenvalue weighted by Gasteiger charge is -2.31. The second-order valence-electron chi connectivity index (χ2n) is 7.55. The minimum atomic E-state index is -0.0636. The van der Waals surface area contributed by atoms with Crippen molar-refractivity contribution in [1.29, 1.82) is 0 Å². The molecule has 0 N–H and O–H groups in total. The Balaban J connectivity index is 1.72. The highest BCUT2D eigenvalue weighted by atomic mass is 79.9. The Kier molecular flexibility index (Phi) is 4.82. The van der Waals surface area contributed by atoms with E-state index in [1.165, 1.54) is 0 Å². The number of fused-ring (bicyclic) bond motifs is 3. The van der Waals surface area contributed by atoms with Crippen LogP contribution in [0.4, 0.5) is 0 Å². The minimum Gasteiger partial charge on any atom is -0.478 e. The third kappa shape index (κ3) is 3.54. The normalized spacial score (nSPS) is 17.7. The van der Waals surface area contributed by atoms with Crippen molar-refractivity contribution < 1.29 is 14.3 Å². The number of ether oxygens (including phenoxy) is 2. The van der Waals surface area contributed by atoms with Gasteiger partial charge in [0.25, 0.3) is 0 Å². The van der Waals surface area contributed by atoms with Gasteiger partial charge in [0.05, 0.1) is 11.1 Å². The molecule has 0 spiro atoms. The number of allylic oxidation sites excluding steroid dienone is 1. The van der Waals surface area contributed by atoms with Gasteiger partial charge in [0.15, 0.2) is 5.76 Å². The molecule has 0 atom stereocenters. The number of aryl methyl sites for hydroxylation is 1. The van der Waals surface area contributed by atoms with Crippen molar-refractivity contribution in [2.24, 2.45) is 5.92 Å². The van der Waals surface area contributed by atoms with Crippen LogP contribution in [0.3, 0.4) is 0 Å². The molecule has 2 aromatic carbocycles. The van der Waals surface area contributed by atoms with E-state index in [-0.39, 0.29) is 5.78 Å². The van der Waals surface area contributed by atoms with Gasteiger partial charge in [-0.25, -0.2) is 0 Å². The molecule has 0 bridgehead atoms. The molecule has 2 aliphatic heterocycles. The van der Waals surface area contributed by atoms with Gasteiger partial charge >= 0.3 is 0 Å². The number of hydrogen-bond acceptors (Lipinski definition) is 4. The van der Waals surface area contributed by atoms with E-state index in [1.807, 2.05) is 37.3 Å². The first-order chi connectivity index (χ1) is 12.9. The minimum absolute atomic E-state index is 0.0636. The van der Waals surface area contributed by atoms with Crippen LogP contribution < -0.4 is 9.47 Å². The molecule has 2 aliphatic rings. The molecule has 0 saturated carbocycles. The summed E-state index contributed by atoms with van der Waals surface area (Å²) in [6.45, 7) is 8.55. The van der Waals surface area contributed by atoms with Crippen LogP contribution in [0.15, 0.2) is 40.6 Å². The van der Waals surface area contributed by atoms with Gasteiger partial charge < -0.3 is 9.47 Å². The second-order valence-corrected chi connectivity index (χ2v) is 8.46. The Morgan fingerprint density at radius 2 is 2.11 bits per heavy atom. The molecule has 0 aliphatic carbocycles. The zero-order valence-electron chi connectivity index (χ0n) is 15.7. The quantitative estimate of drug-likeness (QED) is 0.632. The maximum Gasteiger partial charge on any atom is 0.232 e. The summed E-state index contributed by atoms with van der Waals surface area (Å²) in [7, 11) is 0. The molecular formula is C22H22BrNO3. The van der Waals surface area contributed by atoms with Gasteiger partial charge in [0, 0.05) is 17.6 Å². The maximum atomic E-state index is 13.0. The number of rotatable bonds is 3. The van der Waals surface area contributed by atoms with Gasteiger partial charge in [-0.1, -0.05) is 41.9 Å². The molecule has 0 amide bonds. The molecule has 4 nitrogen and oxygen atoms in total. The Bertz CT molecular complexity index is 949. The zero-order valence-corrected chi connectivity index (χ0v) is 17.3. The number of carbonyl (C=O) groups excluding carboxylic acids is 1. The number of ketones is 1. The van der Waals surface area contributed by atoms with E-state index in [0.717, 1.165) is 40.0 Å². The smallest absolute Gasteiger partial charge is 0.232 e. The number of Topliss-reactive ketones (excluding diaryl/α,β-unsaturated/α-hetero) is 1. The summed E-state index contributed by atoms with van der Waals surface area (Å²) in [4.78, 5) is 15.2. The van der Waals surface area contributed by atoms with E-state index in [0.29, 0.717) is 29.7 Å².